The summed E-state index contributed by atoms with van der Waals surface area (Å²) in [5.74, 6) is -0.0809. The van der Waals surface area contributed by atoms with Crippen LogP contribution in [0.3, 0.4) is 0 Å². The monoisotopic (exact) mass is 271 g/mol. The molecule has 0 bridgehead atoms. The Morgan fingerprint density at radius 1 is 1.26 bits per heavy atom. The Morgan fingerprint density at radius 2 is 2.05 bits per heavy atom. The first-order chi connectivity index (χ1) is 9.26. The van der Waals surface area contributed by atoms with Gasteiger partial charge in [0.25, 0.3) is 5.91 Å². The second-order valence-electron chi connectivity index (χ2n) is 5.69. The third kappa shape index (κ3) is 4.16. The van der Waals surface area contributed by atoms with Crippen LogP contribution in [0.4, 0.5) is 0 Å². The highest BCUT2D eigenvalue weighted by Crippen LogP contribution is 2.38. The molecule has 0 radical (unpaired) electrons. The summed E-state index contributed by atoms with van der Waals surface area (Å²) in [4.78, 5) is 12.0. The van der Waals surface area contributed by atoms with Crippen molar-refractivity contribution in [2.75, 3.05) is 33.0 Å². The molecule has 2 fully saturated rings. The second kappa shape index (κ2) is 7.22. The largest absolute Gasteiger partial charge is 0.396 e. The first-order valence-electron chi connectivity index (χ1n) is 7.34. The minimum atomic E-state index is -0.469. The minimum absolute atomic E-state index is 0.0809. The molecule has 110 valence electrons. The number of hydrogen-bond acceptors (Lipinski definition) is 4. The van der Waals surface area contributed by atoms with Crippen LogP contribution in [0.5, 0.6) is 0 Å². The van der Waals surface area contributed by atoms with Crippen LogP contribution in [-0.2, 0) is 14.3 Å². The van der Waals surface area contributed by atoms with Crippen LogP contribution in [0, 0.1) is 5.41 Å². The SMILES string of the molecule is O=C(NCC1(CCO)CCCCC1)C1COCCO1. The number of hydrogen-bond donors (Lipinski definition) is 2. The summed E-state index contributed by atoms with van der Waals surface area (Å²) in [6.45, 7) is 2.24. The standard InChI is InChI=1S/C14H25NO4/c16-7-6-14(4-2-1-3-5-14)11-15-13(17)12-10-18-8-9-19-12/h12,16H,1-11H2,(H,15,17). The lowest BCUT2D eigenvalue weighted by Crippen LogP contribution is -2.47. The smallest absolute Gasteiger partial charge is 0.251 e. The quantitative estimate of drug-likeness (QED) is 0.778. The van der Waals surface area contributed by atoms with Gasteiger partial charge in [0.1, 0.15) is 0 Å². The van der Waals surface area contributed by atoms with Gasteiger partial charge in [0.15, 0.2) is 6.10 Å². The number of nitrogens with one attached hydrogen (secondary N) is 1. The summed E-state index contributed by atoms with van der Waals surface area (Å²) in [6, 6.07) is 0. The maximum absolute atomic E-state index is 12.0. The number of ether oxygens (including phenoxy) is 2. The van der Waals surface area contributed by atoms with E-state index in [4.69, 9.17) is 9.47 Å². The molecule has 2 rings (SSSR count). The van der Waals surface area contributed by atoms with E-state index >= 15 is 0 Å². The molecule has 1 atom stereocenters. The molecule has 1 heterocycles. The van der Waals surface area contributed by atoms with Crippen LogP contribution in [0.15, 0.2) is 0 Å². The van der Waals surface area contributed by atoms with Crippen molar-refractivity contribution < 1.29 is 19.4 Å². The van der Waals surface area contributed by atoms with E-state index in [9.17, 15) is 9.90 Å². The van der Waals surface area contributed by atoms with Crippen LogP contribution in [0.1, 0.15) is 38.5 Å². The molecule has 0 spiro atoms. The maximum Gasteiger partial charge on any atom is 0.251 e. The third-order valence-electron chi connectivity index (χ3n) is 4.30. The van der Waals surface area contributed by atoms with E-state index < -0.39 is 6.10 Å². The Labute approximate surface area is 114 Å². The number of aliphatic hydroxyl groups is 1. The van der Waals surface area contributed by atoms with Gasteiger partial charge in [0.05, 0.1) is 19.8 Å². The van der Waals surface area contributed by atoms with Gasteiger partial charge in [0, 0.05) is 13.2 Å². The van der Waals surface area contributed by atoms with Gasteiger partial charge >= 0.3 is 0 Å². The van der Waals surface area contributed by atoms with Crippen LogP contribution in [0.25, 0.3) is 0 Å². The summed E-state index contributed by atoms with van der Waals surface area (Å²) < 4.78 is 10.6. The first-order valence-corrected chi connectivity index (χ1v) is 7.34. The molecule has 2 N–H and O–H groups in total. The van der Waals surface area contributed by atoms with Crippen molar-refractivity contribution in [1.29, 1.82) is 0 Å². The van der Waals surface area contributed by atoms with E-state index in [0.29, 0.717) is 26.4 Å². The second-order valence-corrected chi connectivity index (χ2v) is 5.69. The average molecular weight is 271 g/mol. The summed E-state index contributed by atoms with van der Waals surface area (Å²) >= 11 is 0. The van der Waals surface area contributed by atoms with E-state index in [0.717, 1.165) is 19.3 Å². The molecule has 1 unspecified atom stereocenters. The molecule has 1 saturated heterocycles. The Kier molecular flexibility index (Phi) is 5.60. The van der Waals surface area contributed by atoms with Crippen LogP contribution >= 0.6 is 0 Å². The van der Waals surface area contributed by atoms with Gasteiger partial charge in [-0.2, -0.15) is 0 Å². The zero-order valence-electron chi connectivity index (χ0n) is 11.5. The van der Waals surface area contributed by atoms with Crippen molar-refractivity contribution in [2.24, 2.45) is 5.41 Å². The Morgan fingerprint density at radius 3 is 2.68 bits per heavy atom. The molecule has 0 aromatic carbocycles. The van der Waals surface area contributed by atoms with Gasteiger partial charge in [0.2, 0.25) is 0 Å². The van der Waals surface area contributed by atoms with Crippen molar-refractivity contribution in [3.05, 3.63) is 0 Å². The summed E-state index contributed by atoms with van der Waals surface area (Å²) in [6.07, 6.45) is 6.14. The predicted octanol–water partition coefficient (Wildman–Crippen LogP) is 0.851. The van der Waals surface area contributed by atoms with Gasteiger partial charge in [-0.1, -0.05) is 19.3 Å². The molecule has 19 heavy (non-hydrogen) atoms. The molecule has 5 nitrogen and oxygen atoms in total. The lowest BCUT2D eigenvalue weighted by molar-refractivity contribution is -0.148. The molecule has 1 aliphatic heterocycles. The van der Waals surface area contributed by atoms with Crippen molar-refractivity contribution >= 4 is 5.91 Å². The highest BCUT2D eigenvalue weighted by atomic mass is 16.6. The number of carbonyl (C=O) groups is 1. The fraction of sp³-hybridized carbons (Fsp3) is 0.929. The highest BCUT2D eigenvalue weighted by molar-refractivity contribution is 5.81. The van der Waals surface area contributed by atoms with Gasteiger partial charge in [-0.05, 0) is 24.7 Å². The Hall–Kier alpha value is -0.650. The third-order valence-corrected chi connectivity index (χ3v) is 4.30. The molecular formula is C14H25NO4. The van der Waals surface area contributed by atoms with Crippen molar-refractivity contribution in [3.63, 3.8) is 0 Å². The number of rotatable bonds is 5. The minimum Gasteiger partial charge on any atom is -0.396 e. The van der Waals surface area contributed by atoms with E-state index in [2.05, 4.69) is 5.32 Å². The topological polar surface area (TPSA) is 67.8 Å². The van der Waals surface area contributed by atoms with Gasteiger partial charge in [-0.25, -0.2) is 0 Å². The van der Waals surface area contributed by atoms with Crippen LogP contribution in [0.2, 0.25) is 0 Å². The molecule has 1 amide bonds. The average Bonchev–Trinajstić information content (AvgIpc) is 2.47. The van der Waals surface area contributed by atoms with E-state index in [1.54, 1.807) is 0 Å². The van der Waals surface area contributed by atoms with E-state index in [-0.39, 0.29) is 17.9 Å². The summed E-state index contributed by atoms with van der Waals surface area (Å²) in [5, 5.41) is 12.2. The first kappa shape index (κ1) is 14.8. The lowest BCUT2D eigenvalue weighted by atomic mass is 9.72. The van der Waals surface area contributed by atoms with E-state index in [1.807, 2.05) is 0 Å². The van der Waals surface area contributed by atoms with Gasteiger partial charge in [-0.15, -0.1) is 0 Å². The molecular weight excluding hydrogens is 246 g/mol. The number of aliphatic hydroxyl groups excluding tert-OH is 1. The lowest BCUT2D eigenvalue weighted by Gasteiger charge is -2.37. The van der Waals surface area contributed by atoms with Crippen molar-refractivity contribution in [2.45, 2.75) is 44.6 Å². The van der Waals surface area contributed by atoms with Crippen molar-refractivity contribution in [1.82, 2.24) is 5.32 Å². The number of carbonyl (C=O) groups excluding carboxylic acids is 1. The van der Waals surface area contributed by atoms with Crippen LogP contribution < -0.4 is 5.32 Å². The summed E-state index contributed by atoms with van der Waals surface area (Å²) in [7, 11) is 0. The van der Waals surface area contributed by atoms with Gasteiger partial charge in [-0.3, -0.25) is 4.79 Å². The Bertz CT molecular complexity index is 278. The van der Waals surface area contributed by atoms with Crippen LogP contribution in [-0.4, -0.2) is 50.1 Å². The molecule has 1 aliphatic carbocycles. The van der Waals surface area contributed by atoms with Gasteiger partial charge < -0.3 is 19.9 Å². The molecule has 2 aliphatic rings. The predicted molar refractivity (Wildman–Crippen MR) is 70.8 cm³/mol. The normalized spacial score (nSPS) is 26.9. The fourth-order valence-corrected chi connectivity index (χ4v) is 3.08. The zero-order chi connectivity index (χ0) is 13.6. The summed E-state index contributed by atoms with van der Waals surface area (Å²) in [5.41, 5.74) is 0.0815. The molecule has 0 aromatic heterocycles. The fourth-order valence-electron chi connectivity index (χ4n) is 3.08. The number of amides is 1. The molecule has 1 saturated carbocycles. The van der Waals surface area contributed by atoms with Crippen molar-refractivity contribution in [3.8, 4) is 0 Å². The molecule has 5 heteroatoms. The molecule has 0 aromatic rings. The zero-order valence-corrected chi connectivity index (χ0v) is 11.5. The maximum atomic E-state index is 12.0. The highest BCUT2D eigenvalue weighted by Gasteiger charge is 2.33. The van der Waals surface area contributed by atoms with E-state index in [1.165, 1.54) is 19.3 Å². The Balaban J connectivity index is 1.82.